The van der Waals surface area contributed by atoms with Crippen molar-refractivity contribution < 1.29 is 19.4 Å². The second-order valence-electron chi connectivity index (χ2n) is 4.96. The number of amides is 1. The van der Waals surface area contributed by atoms with E-state index in [0.29, 0.717) is 19.3 Å². The summed E-state index contributed by atoms with van der Waals surface area (Å²) in [6.45, 7) is 0.915. The maximum absolute atomic E-state index is 11.5. The third kappa shape index (κ3) is 7.12. The maximum atomic E-state index is 11.5. The quantitative estimate of drug-likeness (QED) is 0.563. The summed E-state index contributed by atoms with van der Waals surface area (Å²) in [6.07, 6.45) is 6.32. The Labute approximate surface area is 113 Å². The van der Waals surface area contributed by atoms with Crippen LogP contribution in [-0.2, 0) is 14.3 Å². The van der Waals surface area contributed by atoms with Crippen molar-refractivity contribution in [3.63, 3.8) is 0 Å². The zero-order chi connectivity index (χ0) is 14.1. The van der Waals surface area contributed by atoms with Crippen LogP contribution in [0.25, 0.3) is 0 Å². The molecule has 110 valence electrons. The van der Waals surface area contributed by atoms with Crippen molar-refractivity contribution in [2.75, 3.05) is 13.2 Å². The molecule has 0 aromatic heterocycles. The normalized spacial score (nSPS) is 17.9. The van der Waals surface area contributed by atoms with Gasteiger partial charge in [-0.15, -0.1) is 0 Å². The van der Waals surface area contributed by atoms with Crippen molar-refractivity contribution in [3.8, 4) is 0 Å². The number of carbonyl (C=O) groups is 2. The summed E-state index contributed by atoms with van der Waals surface area (Å²) in [7, 11) is 0. The zero-order valence-electron chi connectivity index (χ0n) is 11.3. The molecule has 6 nitrogen and oxygen atoms in total. The third-order valence-corrected chi connectivity index (χ3v) is 3.31. The van der Waals surface area contributed by atoms with E-state index in [4.69, 9.17) is 15.6 Å². The molecule has 1 atom stereocenters. The fraction of sp³-hybridized carbons (Fsp3) is 0.846. The van der Waals surface area contributed by atoms with Gasteiger partial charge >= 0.3 is 5.97 Å². The summed E-state index contributed by atoms with van der Waals surface area (Å²) in [5.74, 6) is -1.25. The largest absolute Gasteiger partial charge is 0.481 e. The fourth-order valence-electron chi connectivity index (χ4n) is 2.17. The van der Waals surface area contributed by atoms with Gasteiger partial charge in [-0.25, -0.2) is 0 Å². The lowest BCUT2D eigenvalue weighted by molar-refractivity contribution is -0.137. The van der Waals surface area contributed by atoms with Gasteiger partial charge in [0, 0.05) is 13.0 Å². The maximum Gasteiger partial charge on any atom is 0.303 e. The SMILES string of the molecule is NC(CCC(=O)O)C(=O)NCCOC1CCCCC1. The molecular weight excluding hydrogens is 248 g/mol. The van der Waals surface area contributed by atoms with Crippen molar-refractivity contribution in [2.24, 2.45) is 5.73 Å². The number of nitrogens with two attached hydrogens (primary N) is 1. The van der Waals surface area contributed by atoms with Gasteiger partial charge in [0.15, 0.2) is 0 Å². The molecule has 1 unspecified atom stereocenters. The van der Waals surface area contributed by atoms with Gasteiger partial charge in [-0.3, -0.25) is 9.59 Å². The molecule has 0 bridgehead atoms. The molecule has 0 heterocycles. The van der Waals surface area contributed by atoms with E-state index in [2.05, 4.69) is 5.32 Å². The monoisotopic (exact) mass is 272 g/mol. The van der Waals surface area contributed by atoms with Crippen LogP contribution in [0.1, 0.15) is 44.9 Å². The number of rotatable bonds is 8. The summed E-state index contributed by atoms with van der Waals surface area (Å²) >= 11 is 0. The molecule has 1 fully saturated rings. The van der Waals surface area contributed by atoms with Crippen LogP contribution in [0, 0.1) is 0 Å². The highest BCUT2D eigenvalue weighted by molar-refractivity contribution is 5.82. The van der Waals surface area contributed by atoms with Crippen molar-refractivity contribution in [1.82, 2.24) is 5.32 Å². The molecule has 4 N–H and O–H groups in total. The predicted octanol–water partition coefficient (Wildman–Crippen LogP) is 0.644. The Morgan fingerprint density at radius 2 is 2.00 bits per heavy atom. The number of hydrogen-bond acceptors (Lipinski definition) is 4. The Morgan fingerprint density at radius 1 is 1.32 bits per heavy atom. The van der Waals surface area contributed by atoms with Gasteiger partial charge in [-0.1, -0.05) is 19.3 Å². The predicted molar refractivity (Wildman–Crippen MR) is 70.7 cm³/mol. The number of carbonyl (C=O) groups excluding carboxylic acids is 1. The van der Waals surface area contributed by atoms with Crippen LogP contribution < -0.4 is 11.1 Å². The molecule has 0 saturated heterocycles. The van der Waals surface area contributed by atoms with Crippen LogP contribution in [0.5, 0.6) is 0 Å². The first-order valence-electron chi connectivity index (χ1n) is 6.96. The van der Waals surface area contributed by atoms with Gasteiger partial charge in [-0.2, -0.15) is 0 Å². The Morgan fingerprint density at radius 3 is 2.63 bits per heavy atom. The molecule has 1 aliphatic carbocycles. The average molecular weight is 272 g/mol. The molecule has 6 heteroatoms. The van der Waals surface area contributed by atoms with Crippen LogP contribution in [-0.4, -0.2) is 42.3 Å². The summed E-state index contributed by atoms with van der Waals surface area (Å²) in [4.78, 5) is 21.9. The molecule has 0 aliphatic heterocycles. The average Bonchev–Trinajstić information content (AvgIpc) is 2.41. The molecule has 0 radical (unpaired) electrons. The highest BCUT2D eigenvalue weighted by Crippen LogP contribution is 2.19. The van der Waals surface area contributed by atoms with Gasteiger partial charge in [-0.05, 0) is 19.3 Å². The molecule has 1 amide bonds. The number of carboxylic acids is 1. The first kappa shape index (κ1) is 15.9. The molecule has 19 heavy (non-hydrogen) atoms. The van der Waals surface area contributed by atoms with E-state index in [1.807, 2.05) is 0 Å². The lowest BCUT2D eigenvalue weighted by Gasteiger charge is -2.22. The summed E-state index contributed by atoms with van der Waals surface area (Å²) in [5, 5.41) is 11.2. The van der Waals surface area contributed by atoms with Gasteiger partial charge in [0.05, 0.1) is 18.8 Å². The van der Waals surface area contributed by atoms with E-state index in [0.717, 1.165) is 12.8 Å². The van der Waals surface area contributed by atoms with Crippen LogP contribution >= 0.6 is 0 Å². The van der Waals surface area contributed by atoms with Gasteiger partial charge in [0.1, 0.15) is 0 Å². The molecule has 1 rings (SSSR count). The topological polar surface area (TPSA) is 102 Å². The third-order valence-electron chi connectivity index (χ3n) is 3.31. The van der Waals surface area contributed by atoms with Crippen LogP contribution in [0.4, 0.5) is 0 Å². The second kappa shape index (κ2) is 8.87. The second-order valence-corrected chi connectivity index (χ2v) is 4.96. The fourth-order valence-corrected chi connectivity index (χ4v) is 2.17. The highest BCUT2D eigenvalue weighted by atomic mass is 16.5. The van der Waals surface area contributed by atoms with Gasteiger partial charge < -0.3 is 20.9 Å². The molecule has 0 aromatic rings. The Balaban J connectivity index is 2.04. The smallest absolute Gasteiger partial charge is 0.303 e. The van der Waals surface area contributed by atoms with Crippen molar-refractivity contribution >= 4 is 11.9 Å². The summed E-state index contributed by atoms with van der Waals surface area (Å²) in [5.41, 5.74) is 5.57. The summed E-state index contributed by atoms with van der Waals surface area (Å²) in [6, 6.07) is -0.759. The molecule has 1 saturated carbocycles. The lowest BCUT2D eigenvalue weighted by atomic mass is 9.98. The van der Waals surface area contributed by atoms with E-state index < -0.39 is 12.0 Å². The van der Waals surface area contributed by atoms with Gasteiger partial charge in [0.2, 0.25) is 5.91 Å². The number of aliphatic carboxylic acids is 1. The van der Waals surface area contributed by atoms with Crippen molar-refractivity contribution in [2.45, 2.75) is 57.1 Å². The van der Waals surface area contributed by atoms with E-state index in [-0.39, 0.29) is 18.7 Å². The molecule has 0 aromatic carbocycles. The van der Waals surface area contributed by atoms with Crippen LogP contribution in [0.15, 0.2) is 0 Å². The number of carboxylic acid groups (broad SMARTS) is 1. The number of ether oxygens (including phenoxy) is 1. The molecule has 0 spiro atoms. The minimum absolute atomic E-state index is 0.0901. The Bertz CT molecular complexity index is 290. The minimum atomic E-state index is -0.941. The van der Waals surface area contributed by atoms with Crippen molar-refractivity contribution in [1.29, 1.82) is 0 Å². The zero-order valence-corrected chi connectivity index (χ0v) is 11.3. The first-order chi connectivity index (χ1) is 9.09. The Hall–Kier alpha value is -1.14. The number of nitrogens with one attached hydrogen (secondary N) is 1. The standard InChI is InChI=1S/C13H24N2O4/c14-11(6-7-12(16)17)13(18)15-8-9-19-10-4-2-1-3-5-10/h10-11H,1-9,14H2,(H,15,18)(H,16,17). The van der Waals surface area contributed by atoms with Gasteiger partial charge in [0.25, 0.3) is 0 Å². The van der Waals surface area contributed by atoms with E-state index in [1.165, 1.54) is 19.3 Å². The summed E-state index contributed by atoms with van der Waals surface area (Å²) < 4.78 is 5.66. The number of hydrogen-bond donors (Lipinski definition) is 3. The Kier molecular flexibility index (Phi) is 7.43. The van der Waals surface area contributed by atoms with E-state index >= 15 is 0 Å². The van der Waals surface area contributed by atoms with E-state index in [9.17, 15) is 9.59 Å². The lowest BCUT2D eigenvalue weighted by Crippen LogP contribution is -2.42. The van der Waals surface area contributed by atoms with Crippen molar-refractivity contribution in [3.05, 3.63) is 0 Å². The highest BCUT2D eigenvalue weighted by Gasteiger charge is 2.15. The van der Waals surface area contributed by atoms with E-state index in [1.54, 1.807) is 0 Å². The van der Waals surface area contributed by atoms with Crippen LogP contribution in [0.3, 0.4) is 0 Å². The molecular formula is C13H24N2O4. The first-order valence-corrected chi connectivity index (χ1v) is 6.96. The minimum Gasteiger partial charge on any atom is -0.481 e. The molecule has 1 aliphatic rings. The van der Waals surface area contributed by atoms with Crippen LogP contribution in [0.2, 0.25) is 0 Å².